The molecule has 1 aliphatic rings. The van der Waals surface area contributed by atoms with Crippen LogP contribution < -0.4 is 0 Å². The molecule has 0 radical (unpaired) electrons. The molecule has 0 aliphatic carbocycles. The summed E-state index contributed by atoms with van der Waals surface area (Å²) in [7, 11) is 0. The van der Waals surface area contributed by atoms with Gasteiger partial charge < -0.3 is 9.84 Å². The predicted molar refractivity (Wildman–Crippen MR) is 67.8 cm³/mol. The Kier molecular flexibility index (Phi) is 5.00. The summed E-state index contributed by atoms with van der Waals surface area (Å²) in [6.07, 6.45) is -2.99. The average Bonchev–Trinajstić information content (AvgIpc) is 2.40. The van der Waals surface area contributed by atoms with Gasteiger partial charge >= 0.3 is 5.97 Å². The van der Waals surface area contributed by atoms with Crippen molar-refractivity contribution in [2.24, 2.45) is 0 Å². The Hall–Kier alpha value is 1.13. The van der Waals surface area contributed by atoms with Crippen molar-refractivity contribution in [3.05, 3.63) is 0 Å². The van der Waals surface area contributed by atoms with Crippen LogP contribution in [0.3, 0.4) is 0 Å². The monoisotopic (exact) mass is 363 g/mol. The lowest BCUT2D eigenvalue weighted by Gasteiger charge is -2.35. The fourth-order valence-corrected chi connectivity index (χ4v) is 2.15. The molecule has 0 aromatic heterocycles. The van der Waals surface area contributed by atoms with E-state index in [1.807, 2.05) is 0 Å². The van der Waals surface area contributed by atoms with Crippen molar-refractivity contribution in [1.82, 2.24) is 4.90 Å². The number of ether oxygens (including phenoxy) is 1. The highest BCUT2D eigenvalue weighted by molar-refractivity contribution is 6.68. The topological polar surface area (TPSA) is 49.8 Å². The quantitative estimate of drug-likeness (QED) is 0.573. The maximum absolute atomic E-state index is 11.4. The van der Waals surface area contributed by atoms with Crippen LogP contribution in [0.4, 0.5) is 0 Å². The van der Waals surface area contributed by atoms with Crippen LogP contribution in [-0.2, 0) is 9.53 Å². The molecule has 100 valence electrons. The van der Waals surface area contributed by atoms with E-state index in [-0.39, 0.29) is 0 Å². The van der Waals surface area contributed by atoms with E-state index < -0.39 is 32.1 Å². The summed E-state index contributed by atoms with van der Waals surface area (Å²) in [5.41, 5.74) is 0. The zero-order valence-corrected chi connectivity index (χ0v) is 12.7. The van der Waals surface area contributed by atoms with Crippen LogP contribution in [-0.4, -0.2) is 42.1 Å². The molecule has 0 bridgehead atoms. The molecule has 0 aromatic rings. The number of nitrogens with zero attached hydrogens (tertiary/aromatic N) is 1. The number of carbonyl (C=O) groups is 1. The van der Waals surface area contributed by atoms with Crippen molar-refractivity contribution < 1.29 is 14.6 Å². The van der Waals surface area contributed by atoms with Gasteiger partial charge in [-0.25, -0.2) is 4.90 Å². The Morgan fingerprint density at radius 1 is 1.29 bits per heavy atom. The summed E-state index contributed by atoms with van der Waals surface area (Å²) in [4.78, 5) is 12.4. The lowest BCUT2D eigenvalue weighted by Crippen LogP contribution is -2.54. The molecule has 0 spiro atoms. The van der Waals surface area contributed by atoms with Gasteiger partial charge in [0.15, 0.2) is 6.23 Å². The number of carbonyl (C=O) groups excluding carboxylic acids is 1. The molecule has 1 saturated heterocycles. The van der Waals surface area contributed by atoms with E-state index in [0.29, 0.717) is 0 Å². The van der Waals surface area contributed by atoms with E-state index in [9.17, 15) is 9.90 Å². The van der Waals surface area contributed by atoms with Crippen molar-refractivity contribution in [2.75, 3.05) is 0 Å². The molecular formula is C7H7Cl6NO3. The molecular weight excluding hydrogens is 359 g/mol. The van der Waals surface area contributed by atoms with Crippen molar-refractivity contribution >= 4 is 75.6 Å². The molecule has 0 aromatic carbocycles. The Bertz CT molecular complexity index is 314. The van der Waals surface area contributed by atoms with Gasteiger partial charge in [0.1, 0.15) is 6.04 Å². The van der Waals surface area contributed by atoms with Crippen LogP contribution in [0.2, 0.25) is 0 Å². The van der Waals surface area contributed by atoms with Crippen LogP contribution in [0, 0.1) is 0 Å². The minimum Gasteiger partial charge on any atom is -0.440 e. The van der Waals surface area contributed by atoms with Crippen LogP contribution in [0.1, 0.15) is 6.92 Å². The van der Waals surface area contributed by atoms with Gasteiger partial charge in [-0.1, -0.05) is 69.6 Å². The average molecular weight is 366 g/mol. The van der Waals surface area contributed by atoms with E-state index in [0.717, 1.165) is 4.90 Å². The predicted octanol–water partition coefficient (Wildman–Crippen LogP) is 2.62. The molecule has 1 N–H and O–H groups in total. The molecule has 0 saturated carbocycles. The van der Waals surface area contributed by atoms with Crippen LogP contribution >= 0.6 is 69.6 Å². The van der Waals surface area contributed by atoms with Gasteiger partial charge in [-0.05, 0) is 6.92 Å². The lowest BCUT2D eigenvalue weighted by atomic mass is 10.3. The maximum atomic E-state index is 11.4. The van der Waals surface area contributed by atoms with Gasteiger partial charge in [-0.15, -0.1) is 0 Å². The normalized spacial score (nSPS) is 29.3. The highest BCUT2D eigenvalue weighted by Gasteiger charge is 2.55. The van der Waals surface area contributed by atoms with Gasteiger partial charge in [0.25, 0.3) is 0 Å². The van der Waals surface area contributed by atoms with Crippen LogP contribution in [0.15, 0.2) is 0 Å². The van der Waals surface area contributed by atoms with E-state index >= 15 is 0 Å². The molecule has 3 atom stereocenters. The minimum atomic E-state index is -2.07. The Morgan fingerprint density at radius 2 is 1.76 bits per heavy atom. The number of alkyl halides is 6. The maximum Gasteiger partial charge on any atom is 0.325 e. The van der Waals surface area contributed by atoms with E-state index in [2.05, 4.69) is 0 Å². The first-order chi connectivity index (χ1) is 7.46. The van der Waals surface area contributed by atoms with E-state index in [4.69, 9.17) is 74.3 Å². The van der Waals surface area contributed by atoms with E-state index in [1.165, 1.54) is 6.92 Å². The fraction of sp³-hybridized carbons (Fsp3) is 0.857. The third-order valence-electron chi connectivity index (χ3n) is 2.14. The summed E-state index contributed by atoms with van der Waals surface area (Å²) in [6.45, 7) is 1.43. The van der Waals surface area contributed by atoms with Crippen molar-refractivity contribution in [1.29, 1.82) is 0 Å². The Balaban J connectivity index is 3.04. The van der Waals surface area contributed by atoms with Crippen molar-refractivity contribution in [2.45, 2.75) is 33.0 Å². The second-order valence-corrected chi connectivity index (χ2v) is 8.11. The molecule has 1 heterocycles. The number of cyclic esters (lactones) is 1. The Labute approximate surface area is 128 Å². The number of hydrogen-bond acceptors (Lipinski definition) is 4. The summed E-state index contributed by atoms with van der Waals surface area (Å²) < 4.78 is 0.774. The first-order valence-electron chi connectivity index (χ1n) is 4.25. The first kappa shape index (κ1) is 16.2. The third kappa shape index (κ3) is 3.57. The number of esters is 1. The molecule has 1 rings (SSSR count). The van der Waals surface area contributed by atoms with Gasteiger partial charge in [0.2, 0.25) is 13.8 Å². The van der Waals surface area contributed by atoms with Crippen LogP contribution in [0.25, 0.3) is 0 Å². The highest BCUT2D eigenvalue weighted by atomic mass is 35.6. The zero-order valence-electron chi connectivity index (χ0n) is 8.21. The molecule has 10 heteroatoms. The molecule has 17 heavy (non-hydrogen) atoms. The number of halogens is 6. The third-order valence-corrected chi connectivity index (χ3v) is 3.29. The van der Waals surface area contributed by atoms with Crippen molar-refractivity contribution in [3.8, 4) is 0 Å². The number of hydrogen-bond donors (Lipinski definition) is 1. The van der Waals surface area contributed by atoms with Gasteiger partial charge in [-0.3, -0.25) is 4.79 Å². The molecule has 1 fully saturated rings. The molecule has 0 amide bonds. The van der Waals surface area contributed by atoms with Crippen molar-refractivity contribution in [3.63, 3.8) is 0 Å². The second kappa shape index (κ2) is 5.25. The lowest BCUT2D eigenvalue weighted by molar-refractivity contribution is -0.142. The summed E-state index contributed by atoms with van der Waals surface area (Å²) in [6, 6.07) is -0.902. The highest BCUT2D eigenvalue weighted by Crippen LogP contribution is 2.43. The number of aliphatic hydroxyl groups is 1. The zero-order chi connectivity index (χ0) is 13.6. The SMILES string of the molecule is CC1C(=O)OC(C(Cl)(Cl)Cl)N1C(O)C(Cl)(Cl)Cl. The summed E-state index contributed by atoms with van der Waals surface area (Å²) in [5.74, 6) is -0.686. The number of rotatable bonds is 1. The van der Waals surface area contributed by atoms with Crippen LogP contribution in [0.5, 0.6) is 0 Å². The van der Waals surface area contributed by atoms with E-state index in [1.54, 1.807) is 0 Å². The molecule has 4 nitrogen and oxygen atoms in total. The first-order valence-corrected chi connectivity index (χ1v) is 6.52. The van der Waals surface area contributed by atoms with Gasteiger partial charge in [-0.2, -0.15) is 0 Å². The smallest absolute Gasteiger partial charge is 0.325 e. The van der Waals surface area contributed by atoms with Gasteiger partial charge in [0.05, 0.1) is 0 Å². The second-order valence-electron chi connectivity index (χ2n) is 3.37. The standard InChI is InChI=1S/C7H7Cl6NO3/c1-2-3(15)17-5(7(11,12)13)14(2)4(16)6(8,9)10/h2,4-5,16H,1H3. The Morgan fingerprint density at radius 3 is 2.12 bits per heavy atom. The summed E-state index contributed by atoms with van der Waals surface area (Å²) >= 11 is 33.5. The minimum absolute atomic E-state index is 0.686. The molecule has 3 unspecified atom stereocenters. The fourth-order valence-electron chi connectivity index (χ4n) is 1.34. The molecule has 1 aliphatic heterocycles. The van der Waals surface area contributed by atoms with Gasteiger partial charge in [0, 0.05) is 0 Å². The largest absolute Gasteiger partial charge is 0.440 e. The summed E-state index contributed by atoms with van der Waals surface area (Å²) in [5, 5.41) is 9.83. The number of aliphatic hydroxyl groups excluding tert-OH is 1.